The summed E-state index contributed by atoms with van der Waals surface area (Å²) in [7, 11) is 0. The molecule has 0 fully saturated rings. The lowest BCUT2D eigenvalue weighted by Gasteiger charge is -2.15. The zero-order valence-corrected chi connectivity index (χ0v) is 13.1. The summed E-state index contributed by atoms with van der Waals surface area (Å²) in [4.78, 5) is 0. The number of benzene rings is 3. The molecule has 0 nitrogen and oxygen atoms in total. The Hall–Kier alpha value is -1.82. The van der Waals surface area contributed by atoms with Gasteiger partial charge in [-0.15, -0.1) is 0 Å². The summed E-state index contributed by atoms with van der Waals surface area (Å²) in [5.74, 6) is 0.640. The number of rotatable bonds is 5. The van der Waals surface area contributed by atoms with E-state index in [0.717, 1.165) is 0 Å². The van der Waals surface area contributed by atoms with Crippen molar-refractivity contribution in [3.63, 3.8) is 0 Å². The Morgan fingerprint density at radius 2 is 1.57 bits per heavy atom. The maximum Gasteiger partial charge on any atom is -0.0103 e. The maximum absolute atomic E-state index is 2.37. The molecule has 0 bridgehead atoms. The number of hydrogen-bond donors (Lipinski definition) is 0. The molecule has 0 heteroatoms. The summed E-state index contributed by atoms with van der Waals surface area (Å²) in [6.07, 6.45) is 5.27. The number of hydrogen-bond acceptors (Lipinski definition) is 0. The van der Waals surface area contributed by atoms with E-state index in [1.54, 1.807) is 0 Å². The van der Waals surface area contributed by atoms with Crippen molar-refractivity contribution in [2.24, 2.45) is 0 Å². The van der Waals surface area contributed by atoms with Gasteiger partial charge in [0.1, 0.15) is 0 Å². The highest BCUT2D eigenvalue weighted by molar-refractivity contribution is 6.08. The van der Waals surface area contributed by atoms with Gasteiger partial charge in [-0.3, -0.25) is 0 Å². The van der Waals surface area contributed by atoms with Crippen molar-refractivity contribution in [3.8, 4) is 0 Å². The predicted octanol–water partition coefficient (Wildman–Crippen LogP) is 6.68. The van der Waals surface area contributed by atoms with Crippen LogP contribution in [0.3, 0.4) is 0 Å². The topological polar surface area (TPSA) is 0 Å². The average molecular weight is 276 g/mol. The van der Waals surface area contributed by atoms with Gasteiger partial charge in [-0.25, -0.2) is 0 Å². The van der Waals surface area contributed by atoms with Gasteiger partial charge in [-0.05, 0) is 39.4 Å². The van der Waals surface area contributed by atoms with Crippen molar-refractivity contribution in [1.82, 2.24) is 0 Å². The van der Waals surface area contributed by atoms with Crippen LogP contribution in [0, 0.1) is 0 Å². The SMILES string of the molecule is CCCCCC(C)c1cccc2c1ccc1ccccc12. The van der Waals surface area contributed by atoms with Gasteiger partial charge < -0.3 is 0 Å². The van der Waals surface area contributed by atoms with Gasteiger partial charge in [0.15, 0.2) is 0 Å². The minimum absolute atomic E-state index is 0.640. The van der Waals surface area contributed by atoms with Crippen LogP contribution in [0.1, 0.15) is 51.0 Å². The Kier molecular flexibility index (Phi) is 4.24. The van der Waals surface area contributed by atoms with Crippen LogP contribution in [-0.2, 0) is 0 Å². The highest BCUT2D eigenvalue weighted by Gasteiger charge is 2.10. The lowest BCUT2D eigenvalue weighted by atomic mass is 9.89. The van der Waals surface area contributed by atoms with Gasteiger partial charge in [-0.1, -0.05) is 87.7 Å². The standard InChI is InChI=1S/C21H24/c1-3-4-5-9-16(2)18-12-8-13-20-19-11-7-6-10-17(19)14-15-21(18)20/h6-8,10-16H,3-5,9H2,1-2H3. The van der Waals surface area contributed by atoms with Crippen LogP contribution in [0.25, 0.3) is 21.5 Å². The van der Waals surface area contributed by atoms with Gasteiger partial charge in [0, 0.05) is 0 Å². The lowest BCUT2D eigenvalue weighted by molar-refractivity contribution is 0.600. The highest BCUT2D eigenvalue weighted by atomic mass is 14.1. The molecule has 1 atom stereocenters. The molecule has 0 aliphatic carbocycles. The van der Waals surface area contributed by atoms with Crippen LogP contribution < -0.4 is 0 Å². The summed E-state index contributed by atoms with van der Waals surface area (Å²) in [6.45, 7) is 4.65. The molecule has 0 aromatic heterocycles. The summed E-state index contributed by atoms with van der Waals surface area (Å²) in [5, 5.41) is 5.53. The second-order valence-corrected chi connectivity index (χ2v) is 6.13. The molecule has 3 rings (SSSR count). The Labute approximate surface area is 127 Å². The summed E-state index contributed by atoms with van der Waals surface area (Å²) in [6, 6.07) is 20.1. The molecule has 21 heavy (non-hydrogen) atoms. The monoisotopic (exact) mass is 276 g/mol. The Morgan fingerprint density at radius 1 is 0.762 bits per heavy atom. The van der Waals surface area contributed by atoms with Crippen molar-refractivity contribution in [2.45, 2.75) is 45.4 Å². The molecular weight excluding hydrogens is 252 g/mol. The van der Waals surface area contributed by atoms with E-state index in [2.05, 4.69) is 68.4 Å². The zero-order valence-electron chi connectivity index (χ0n) is 13.1. The van der Waals surface area contributed by atoms with Crippen molar-refractivity contribution in [3.05, 3.63) is 60.2 Å². The fraction of sp³-hybridized carbons (Fsp3) is 0.333. The van der Waals surface area contributed by atoms with E-state index < -0.39 is 0 Å². The van der Waals surface area contributed by atoms with E-state index in [0.29, 0.717) is 5.92 Å². The molecule has 0 aliphatic rings. The Morgan fingerprint density at radius 3 is 2.43 bits per heavy atom. The van der Waals surface area contributed by atoms with Gasteiger partial charge in [0.2, 0.25) is 0 Å². The summed E-state index contributed by atoms with van der Waals surface area (Å²) < 4.78 is 0. The third-order valence-electron chi connectivity index (χ3n) is 4.59. The van der Waals surface area contributed by atoms with E-state index in [9.17, 15) is 0 Å². The van der Waals surface area contributed by atoms with Gasteiger partial charge in [0.05, 0.1) is 0 Å². The molecule has 108 valence electrons. The molecule has 1 unspecified atom stereocenters. The molecule has 0 N–H and O–H groups in total. The molecule has 0 radical (unpaired) electrons. The van der Waals surface area contributed by atoms with E-state index in [1.807, 2.05) is 0 Å². The fourth-order valence-corrected chi connectivity index (χ4v) is 3.35. The molecule has 3 aromatic carbocycles. The zero-order chi connectivity index (χ0) is 14.7. The summed E-state index contributed by atoms with van der Waals surface area (Å²) in [5.41, 5.74) is 1.51. The van der Waals surface area contributed by atoms with Crippen LogP contribution in [-0.4, -0.2) is 0 Å². The molecule has 3 aromatic rings. The van der Waals surface area contributed by atoms with Crippen molar-refractivity contribution in [2.75, 3.05) is 0 Å². The Bertz CT molecular complexity index is 739. The normalized spacial score (nSPS) is 12.9. The molecule has 0 amide bonds. The number of unbranched alkanes of at least 4 members (excludes halogenated alkanes) is 2. The molecule has 0 spiro atoms. The minimum Gasteiger partial charge on any atom is -0.0654 e. The molecule has 0 saturated carbocycles. The predicted molar refractivity (Wildman–Crippen MR) is 94.0 cm³/mol. The lowest BCUT2D eigenvalue weighted by Crippen LogP contribution is -1.95. The third kappa shape index (κ3) is 2.81. The number of fused-ring (bicyclic) bond motifs is 3. The molecule has 0 heterocycles. The highest BCUT2D eigenvalue weighted by Crippen LogP contribution is 2.32. The first-order valence-electron chi connectivity index (χ1n) is 8.21. The molecule has 0 saturated heterocycles. The van der Waals surface area contributed by atoms with Gasteiger partial charge in [0.25, 0.3) is 0 Å². The first-order valence-corrected chi connectivity index (χ1v) is 8.21. The van der Waals surface area contributed by atoms with Crippen LogP contribution in [0.5, 0.6) is 0 Å². The molecule has 0 aliphatic heterocycles. The van der Waals surface area contributed by atoms with Crippen LogP contribution in [0.2, 0.25) is 0 Å². The van der Waals surface area contributed by atoms with E-state index in [4.69, 9.17) is 0 Å². The fourth-order valence-electron chi connectivity index (χ4n) is 3.35. The van der Waals surface area contributed by atoms with Gasteiger partial charge >= 0.3 is 0 Å². The average Bonchev–Trinajstić information content (AvgIpc) is 2.54. The first kappa shape index (κ1) is 14.1. The van der Waals surface area contributed by atoms with Crippen molar-refractivity contribution >= 4 is 21.5 Å². The van der Waals surface area contributed by atoms with E-state index in [1.165, 1.54) is 52.8 Å². The minimum atomic E-state index is 0.640. The second kappa shape index (κ2) is 6.30. The summed E-state index contributed by atoms with van der Waals surface area (Å²) >= 11 is 0. The van der Waals surface area contributed by atoms with Crippen LogP contribution in [0.4, 0.5) is 0 Å². The Balaban J connectivity index is 2.05. The molecular formula is C21H24. The maximum atomic E-state index is 2.37. The van der Waals surface area contributed by atoms with E-state index in [-0.39, 0.29) is 0 Å². The smallest absolute Gasteiger partial charge is 0.0103 e. The quantitative estimate of drug-likeness (QED) is 0.360. The van der Waals surface area contributed by atoms with Crippen molar-refractivity contribution in [1.29, 1.82) is 0 Å². The largest absolute Gasteiger partial charge is 0.0654 e. The van der Waals surface area contributed by atoms with Gasteiger partial charge in [-0.2, -0.15) is 0 Å². The first-order chi connectivity index (χ1) is 10.3. The van der Waals surface area contributed by atoms with Crippen LogP contribution in [0.15, 0.2) is 54.6 Å². The second-order valence-electron chi connectivity index (χ2n) is 6.13. The van der Waals surface area contributed by atoms with Crippen molar-refractivity contribution < 1.29 is 0 Å². The third-order valence-corrected chi connectivity index (χ3v) is 4.59. The van der Waals surface area contributed by atoms with Crippen LogP contribution >= 0.6 is 0 Å². The van der Waals surface area contributed by atoms with E-state index >= 15 is 0 Å².